The molecule has 6 nitrogen and oxygen atoms in total. The normalized spacial score (nSPS) is 19.5. The Morgan fingerprint density at radius 3 is 2.81 bits per heavy atom. The molecule has 2 aromatic rings. The van der Waals surface area contributed by atoms with Crippen molar-refractivity contribution in [3.05, 3.63) is 41.3 Å². The molecule has 0 aliphatic carbocycles. The van der Waals surface area contributed by atoms with Crippen LogP contribution < -0.4 is 19.8 Å². The molecule has 2 aliphatic heterocycles. The predicted molar refractivity (Wildman–Crippen MR) is 102 cm³/mol. The fourth-order valence-electron chi connectivity index (χ4n) is 3.08. The molecule has 0 radical (unpaired) electrons. The van der Waals surface area contributed by atoms with Gasteiger partial charge in [-0.15, -0.1) is 11.3 Å². The number of carbonyl (C=O) groups is 1. The molecule has 0 spiro atoms. The van der Waals surface area contributed by atoms with E-state index in [0.29, 0.717) is 11.5 Å². The average molecular weight is 371 g/mol. The molecule has 3 heterocycles. The van der Waals surface area contributed by atoms with Gasteiger partial charge in [0.2, 0.25) is 6.10 Å². The number of fused-ring (bicyclic) bond motifs is 1. The number of piperidine rings is 1. The van der Waals surface area contributed by atoms with Gasteiger partial charge in [-0.3, -0.25) is 4.79 Å². The molecule has 7 heteroatoms. The van der Waals surface area contributed by atoms with Crippen molar-refractivity contribution in [3.63, 3.8) is 0 Å². The van der Waals surface area contributed by atoms with Crippen LogP contribution in [0.2, 0.25) is 0 Å². The van der Waals surface area contributed by atoms with Gasteiger partial charge < -0.3 is 14.4 Å². The van der Waals surface area contributed by atoms with E-state index in [-0.39, 0.29) is 12.5 Å². The zero-order valence-electron chi connectivity index (χ0n) is 14.4. The average Bonchev–Trinajstić information content (AvgIpc) is 3.17. The summed E-state index contributed by atoms with van der Waals surface area (Å²) in [4.78, 5) is 15.6. The fourth-order valence-corrected chi connectivity index (χ4v) is 4.01. The van der Waals surface area contributed by atoms with E-state index >= 15 is 0 Å². The van der Waals surface area contributed by atoms with Gasteiger partial charge in [-0.05, 0) is 43.5 Å². The molecule has 1 saturated heterocycles. The van der Waals surface area contributed by atoms with Crippen LogP contribution in [0, 0.1) is 0 Å². The van der Waals surface area contributed by atoms with E-state index in [2.05, 4.69) is 21.5 Å². The van der Waals surface area contributed by atoms with Gasteiger partial charge in [0.25, 0.3) is 5.91 Å². The van der Waals surface area contributed by atoms with Crippen molar-refractivity contribution in [1.29, 1.82) is 0 Å². The van der Waals surface area contributed by atoms with Crippen LogP contribution >= 0.6 is 11.3 Å². The maximum Gasteiger partial charge on any atom is 0.284 e. The van der Waals surface area contributed by atoms with Gasteiger partial charge in [0.15, 0.2) is 11.5 Å². The molecule has 0 unspecified atom stereocenters. The Balaban J connectivity index is 1.31. The van der Waals surface area contributed by atoms with Gasteiger partial charge >= 0.3 is 0 Å². The van der Waals surface area contributed by atoms with Crippen molar-refractivity contribution in [1.82, 2.24) is 5.43 Å². The molecular formula is C19H21N3O3S. The molecule has 2 aliphatic rings. The van der Waals surface area contributed by atoms with Crippen LogP contribution in [0.3, 0.4) is 0 Å². The van der Waals surface area contributed by atoms with Crippen molar-refractivity contribution < 1.29 is 14.3 Å². The number of ether oxygens (including phenoxy) is 2. The Morgan fingerprint density at radius 1 is 1.15 bits per heavy atom. The number of anilines is 1. The molecule has 0 saturated carbocycles. The van der Waals surface area contributed by atoms with Crippen LogP contribution in [0.15, 0.2) is 41.5 Å². The molecule has 136 valence electrons. The molecule has 1 atom stereocenters. The Morgan fingerprint density at radius 2 is 1.96 bits per heavy atom. The van der Waals surface area contributed by atoms with Crippen LogP contribution in [0.25, 0.3) is 0 Å². The van der Waals surface area contributed by atoms with Crippen molar-refractivity contribution in [3.8, 4) is 11.5 Å². The summed E-state index contributed by atoms with van der Waals surface area (Å²) < 4.78 is 11.2. The van der Waals surface area contributed by atoms with Crippen LogP contribution in [0.5, 0.6) is 11.5 Å². The third-order valence-electron chi connectivity index (χ3n) is 4.45. The van der Waals surface area contributed by atoms with Gasteiger partial charge in [0.1, 0.15) is 6.61 Å². The minimum Gasteiger partial charge on any atom is -0.485 e. The number of hydrogen-bond acceptors (Lipinski definition) is 6. The van der Waals surface area contributed by atoms with Crippen molar-refractivity contribution in [2.75, 3.05) is 24.6 Å². The number of carbonyl (C=O) groups excluding carboxylic acids is 1. The lowest BCUT2D eigenvalue weighted by Crippen LogP contribution is -2.42. The third kappa shape index (κ3) is 3.83. The summed E-state index contributed by atoms with van der Waals surface area (Å²) in [5.41, 5.74) is 2.54. The van der Waals surface area contributed by atoms with Gasteiger partial charge in [0, 0.05) is 18.0 Å². The van der Waals surface area contributed by atoms with E-state index < -0.39 is 6.10 Å². The highest BCUT2D eigenvalue weighted by Crippen LogP contribution is 2.31. The number of rotatable bonds is 4. The lowest BCUT2D eigenvalue weighted by atomic mass is 10.1. The minimum absolute atomic E-state index is 0.177. The monoisotopic (exact) mass is 371 g/mol. The Bertz CT molecular complexity index is 799. The van der Waals surface area contributed by atoms with Crippen molar-refractivity contribution >= 4 is 28.5 Å². The summed E-state index contributed by atoms with van der Waals surface area (Å²) in [6.45, 7) is 2.42. The summed E-state index contributed by atoms with van der Waals surface area (Å²) in [6.07, 6.45) is 4.80. The third-order valence-corrected chi connectivity index (χ3v) is 5.53. The molecule has 1 fully saturated rings. The second-order valence-corrected chi connectivity index (χ2v) is 7.42. The van der Waals surface area contributed by atoms with E-state index in [1.54, 1.807) is 23.6 Å². The first kappa shape index (κ1) is 16.9. The van der Waals surface area contributed by atoms with E-state index in [9.17, 15) is 4.79 Å². The topological polar surface area (TPSA) is 63.2 Å². The van der Waals surface area contributed by atoms with Crippen LogP contribution in [-0.2, 0) is 4.79 Å². The number of hydrogen-bond donors (Lipinski definition) is 1. The number of para-hydroxylation sites is 2. The van der Waals surface area contributed by atoms with Gasteiger partial charge in [-0.1, -0.05) is 12.1 Å². The SMILES string of the molecule is O=C(N/N=C\c1ccc(N2CCCCC2)s1)[C@@H]1COc2ccccc2O1. The molecule has 1 aromatic carbocycles. The zero-order valence-corrected chi connectivity index (χ0v) is 15.2. The summed E-state index contributed by atoms with van der Waals surface area (Å²) in [5, 5.41) is 5.33. The Labute approximate surface area is 156 Å². The van der Waals surface area contributed by atoms with Gasteiger partial charge in [0.05, 0.1) is 11.2 Å². The van der Waals surface area contributed by atoms with Gasteiger partial charge in [-0.25, -0.2) is 5.43 Å². The largest absolute Gasteiger partial charge is 0.485 e. The summed E-state index contributed by atoms with van der Waals surface area (Å²) >= 11 is 1.69. The molecule has 0 bridgehead atoms. The Hall–Kier alpha value is -2.54. The molecule has 26 heavy (non-hydrogen) atoms. The number of nitrogens with zero attached hydrogens (tertiary/aromatic N) is 2. The second-order valence-electron chi connectivity index (χ2n) is 6.32. The summed E-state index contributed by atoms with van der Waals surface area (Å²) in [5.74, 6) is 0.916. The maximum absolute atomic E-state index is 12.2. The number of hydrazone groups is 1. The standard InChI is InChI=1S/C19H21N3O3S/c23-19(17-13-24-15-6-2-3-7-16(15)25-17)21-20-12-14-8-9-18(26-14)22-10-4-1-5-11-22/h2-3,6-9,12,17H,1,4-5,10-11,13H2,(H,21,23)/b20-12-/t17-/m0/s1. The smallest absolute Gasteiger partial charge is 0.284 e. The lowest BCUT2D eigenvalue weighted by Gasteiger charge is -2.27. The molecular weight excluding hydrogens is 350 g/mol. The maximum atomic E-state index is 12.2. The first-order valence-electron chi connectivity index (χ1n) is 8.86. The zero-order chi connectivity index (χ0) is 17.8. The number of amides is 1. The number of thiophene rings is 1. The van der Waals surface area contributed by atoms with E-state index in [1.807, 2.05) is 24.3 Å². The molecule has 1 N–H and O–H groups in total. The lowest BCUT2D eigenvalue weighted by molar-refractivity contribution is -0.130. The van der Waals surface area contributed by atoms with E-state index in [4.69, 9.17) is 9.47 Å². The number of nitrogens with one attached hydrogen (secondary N) is 1. The summed E-state index contributed by atoms with van der Waals surface area (Å²) in [7, 11) is 0. The Kier molecular flexibility index (Phi) is 5.06. The summed E-state index contributed by atoms with van der Waals surface area (Å²) in [6, 6.07) is 11.5. The van der Waals surface area contributed by atoms with Crippen molar-refractivity contribution in [2.45, 2.75) is 25.4 Å². The highest BCUT2D eigenvalue weighted by molar-refractivity contribution is 7.17. The first-order chi connectivity index (χ1) is 12.8. The van der Waals surface area contributed by atoms with Crippen LogP contribution in [0.4, 0.5) is 5.00 Å². The molecule has 1 amide bonds. The van der Waals surface area contributed by atoms with Gasteiger partial charge in [-0.2, -0.15) is 5.10 Å². The molecule has 4 rings (SSSR count). The fraction of sp³-hybridized carbons (Fsp3) is 0.368. The first-order valence-corrected chi connectivity index (χ1v) is 9.67. The predicted octanol–water partition coefficient (Wildman–Crippen LogP) is 3.03. The molecule has 1 aromatic heterocycles. The van der Waals surface area contributed by atoms with Crippen LogP contribution in [0.1, 0.15) is 24.1 Å². The van der Waals surface area contributed by atoms with E-state index in [1.165, 1.54) is 24.3 Å². The number of benzene rings is 1. The quantitative estimate of drug-likeness (QED) is 0.663. The minimum atomic E-state index is -0.700. The van der Waals surface area contributed by atoms with Crippen molar-refractivity contribution in [2.24, 2.45) is 5.10 Å². The second kappa shape index (κ2) is 7.78. The highest BCUT2D eigenvalue weighted by Gasteiger charge is 2.27. The van der Waals surface area contributed by atoms with Crippen LogP contribution in [-0.4, -0.2) is 37.9 Å². The van der Waals surface area contributed by atoms with E-state index in [0.717, 1.165) is 18.0 Å². The highest BCUT2D eigenvalue weighted by atomic mass is 32.1.